The fourth-order valence-corrected chi connectivity index (χ4v) is 3.08. The lowest BCUT2D eigenvalue weighted by Gasteiger charge is -2.14. The Morgan fingerprint density at radius 3 is 2.70 bits per heavy atom. The van der Waals surface area contributed by atoms with Crippen molar-refractivity contribution in [2.75, 3.05) is 18.6 Å². The molecule has 8 heteroatoms. The second-order valence-corrected chi connectivity index (χ2v) is 6.36. The van der Waals surface area contributed by atoms with Crippen molar-refractivity contribution in [2.45, 2.75) is 6.92 Å². The first-order chi connectivity index (χ1) is 12.9. The number of hydrogen-bond donors (Lipinski definition) is 1. The minimum absolute atomic E-state index is 0.0863. The van der Waals surface area contributed by atoms with E-state index < -0.39 is 5.82 Å². The van der Waals surface area contributed by atoms with Gasteiger partial charge >= 0.3 is 0 Å². The molecule has 2 aromatic rings. The monoisotopic (exact) mass is 406 g/mol. The van der Waals surface area contributed by atoms with Crippen LogP contribution in [0.3, 0.4) is 0 Å². The molecule has 1 heterocycles. The van der Waals surface area contributed by atoms with Crippen molar-refractivity contribution in [3.63, 3.8) is 0 Å². The van der Waals surface area contributed by atoms with Gasteiger partial charge in [0.25, 0.3) is 5.91 Å². The molecule has 1 aliphatic rings. The summed E-state index contributed by atoms with van der Waals surface area (Å²) >= 11 is 11.1. The molecule has 1 fully saturated rings. The summed E-state index contributed by atoms with van der Waals surface area (Å²) in [6, 6.07) is 9.31. The molecule has 1 saturated heterocycles. The van der Waals surface area contributed by atoms with Gasteiger partial charge in [-0.2, -0.15) is 0 Å². The number of halogens is 2. The molecule has 27 heavy (non-hydrogen) atoms. The Bertz CT molecular complexity index is 949. The Labute approximate surface area is 166 Å². The Morgan fingerprint density at radius 1 is 1.26 bits per heavy atom. The number of thiocarbonyl (C=S) groups is 1. The largest absolute Gasteiger partial charge is 0.493 e. The van der Waals surface area contributed by atoms with Crippen LogP contribution in [-0.2, 0) is 4.79 Å². The molecule has 0 aliphatic carbocycles. The van der Waals surface area contributed by atoms with Gasteiger partial charge in [0.15, 0.2) is 16.6 Å². The zero-order chi connectivity index (χ0) is 19.6. The molecule has 0 bridgehead atoms. The standard InChI is InChI=1S/C19H16ClFN2O3S/c1-3-26-16-7-4-11(9-17(16)25-2)8-15-18(24)23(19(27)22-15)12-5-6-14(21)13(20)10-12/h4-10H,3H2,1-2H3,(H,22,27). The number of carbonyl (C=O) groups excluding carboxylic acids is 1. The number of rotatable bonds is 5. The Morgan fingerprint density at radius 2 is 2.04 bits per heavy atom. The third-order valence-corrected chi connectivity index (χ3v) is 4.41. The molecule has 0 saturated carbocycles. The van der Waals surface area contributed by atoms with Crippen molar-refractivity contribution in [3.05, 3.63) is 58.5 Å². The van der Waals surface area contributed by atoms with Gasteiger partial charge in [0, 0.05) is 0 Å². The van der Waals surface area contributed by atoms with E-state index in [1.165, 1.54) is 23.1 Å². The molecule has 140 valence electrons. The summed E-state index contributed by atoms with van der Waals surface area (Å²) in [6.07, 6.45) is 1.65. The second-order valence-electron chi connectivity index (χ2n) is 5.57. The molecule has 0 unspecified atom stereocenters. The van der Waals surface area contributed by atoms with E-state index in [2.05, 4.69) is 5.32 Å². The molecule has 5 nitrogen and oxygen atoms in total. The number of methoxy groups -OCH3 is 1. The van der Waals surface area contributed by atoms with Gasteiger partial charge in [-0.1, -0.05) is 17.7 Å². The number of carbonyl (C=O) groups is 1. The molecule has 1 N–H and O–H groups in total. The number of amides is 1. The summed E-state index contributed by atoms with van der Waals surface area (Å²) in [5, 5.41) is 2.97. The number of benzene rings is 2. The highest BCUT2D eigenvalue weighted by atomic mass is 35.5. The third kappa shape index (κ3) is 3.89. The van der Waals surface area contributed by atoms with Gasteiger partial charge in [-0.05, 0) is 61.1 Å². The van der Waals surface area contributed by atoms with E-state index in [9.17, 15) is 9.18 Å². The van der Waals surface area contributed by atoms with E-state index >= 15 is 0 Å². The van der Waals surface area contributed by atoms with E-state index in [-0.39, 0.29) is 21.7 Å². The number of ether oxygens (including phenoxy) is 2. The minimum Gasteiger partial charge on any atom is -0.493 e. The van der Waals surface area contributed by atoms with E-state index in [1.54, 1.807) is 31.4 Å². The minimum atomic E-state index is -0.566. The summed E-state index contributed by atoms with van der Waals surface area (Å²) < 4.78 is 24.2. The van der Waals surface area contributed by atoms with Crippen LogP contribution in [0.15, 0.2) is 42.1 Å². The van der Waals surface area contributed by atoms with Crippen molar-refractivity contribution in [2.24, 2.45) is 0 Å². The van der Waals surface area contributed by atoms with Crippen LogP contribution in [0.1, 0.15) is 12.5 Å². The topological polar surface area (TPSA) is 50.8 Å². The van der Waals surface area contributed by atoms with E-state index in [1.807, 2.05) is 6.92 Å². The lowest BCUT2D eigenvalue weighted by Crippen LogP contribution is -2.30. The zero-order valence-electron chi connectivity index (χ0n) is 14.6. The molecule has 2 aromatic carbocycles. The first kappa shape index (κ1) is 19.1. The van der Waals surface area contributed by atoms with E-state index in [0.29, 0.717) is 23.8 Å². The lowest BCUT2D eigenvalue weighted by atomic mass is 10.1. The average Bonchev–Trinajstić information content (AvgIpc) is 2.92. The predicted molar refractivity (Wildman–Crippen MR) is 107 cm³/mol. The van der Waals surface area contributed by atoms with E-state index in [4.69, 9.17) is 33.3 Å². The molecule has 1 aliphatic heterocycles. The molecule has 0 spiro atoms. The van der Waals surface area contributed by atoms with Crippen molar-refractivity contribution in [1.82, 2.24) is 5.32 Å². The van der Waals surface area contributed by atoms with Gasteiger partial charge < -0.3 is 14.8 Å². The van der Waals surface area contributed by atoms with Crippen molar-refractivity contribution < 1.29 is 18.7 Å². The van der Waals surface area contributed by atoms with Gasteiger partial charge in [-0.15, -0.1) is 0 Å². The second kappa shape index (κ2) is 7.94. The van der Waals surface area contributed by atoms with Crippen LogP contribution in [0.5, 0.6) is 11.5 Å². The highest BCUT2D eigenvalue weighted by molar-refractivity contribution is 7.80. The summed E-state index contributed by atoms with van der Waals surface area (Å²) in [5.41, 5.74) is 1.40. The number of hydrogen-bond acceptors (Lipinski definition) is 4. The van der Waals surface area contributed by atoms with Gasteiger partial charge in [0.05, 0.1) is 24.4 Å². The Hall–Kier alpha value is -2.64. The molecular formula is C19H16ClFN2O3S. The SMILES string of the molecule is CCOc1ccc(C=C2NC(=S)N(c3ccc(F)c(Cl)c3)C2=O)cc1OC. The number of anilines is 1. The predicted octanol–water partition coefficient (Wildman–Crippen LogP) is 4.15. The summed E-state index contributed by atoms with van der Waals surface area (Å²) in [5.74, 6) is 0.242. The van der Waals surface area contributed by atoms with Gasteiger partial charge in [-0.25, -0.2) is 4.39 Å². The molecule has 0 aromatic heterocycles. The smallest absolute Gasteiger partial charge is 0.281 e. The molecular weight excluding hydrogens is 391 g/mol. The van der Waals surface area contributed by atoms with Crippen LogP contribution in [0.4, 0.5) is 10.1 Å². The molecule has 3 rings (SSSR count). The fourth-order valence-electron chi connectivity index (χ4n) is 2.61. The lowest BCUT2D eigenvalue weighted by molar-refractivity contribution is -0.113. The highest BCUT2D eigenvalue weighted by Crippen LogP contribution is 2.30. The molecule has 0 atom stereocenters. The van der Waals surface area contributed by atoms with Gasteiger partial charge in [0.1, 0.15) is 11.5 Å². The molecule has 1 amide bonds. The van der Waals surface area contributed by atoms with Crippen LogP contribution < -0.4 is 19.7 Å². The molecule has 0 radical (unpaired) electrons. The number of nitrogens with zero attached hydrogens (tertiary/aromatic N) is 1. The average molecular weight is 407 g/mol. The summed E-state index contributed by atoms with van der Waals surface area (Å²) in [6.45, 7) is 2.40. The van der Waals surface area contributed by atoms with Crippen LogP contribution in [0, 0.1) is 5.82 Å². The zero-order valence-corrected chi connectivity index (χ0v) is 16.2. The normalized spacial score (nSPS) is 15.3. The van der Waals surface area contributed by atoms with Crippen LogP contribution in [0.2, 0.25) is 5.02 Å². The van der Waals surface area contributed by atoms with Crippen molar-refractivity contribution in [1.29, 1.82) is 0 Å². The summed E-state index contributed by atoms with van der Waals surface area (Å²) in [4.78, 5) is 14.0. The summed E-state index contributed by atoms with van der Waals surface area (Å²) in [7, 11) is 1.54. The third-order valence-electron chi connectivity index (χ3n) is 3.84. The van der Waals surface area contributed by atoms with E-state index in [0.717, 1.165) is 5.56 Å². The van der Waals surface area contributed by atoms with Crippen LogP contribution in [0.25, 0.3) is 6.08 Å². The first-order valence-electron chi connectivity index (χ1n) is 8.07. The fraction of sp³-hybridized carbons (Fsp3) is 0.158. The van der Waals surface area contributed by atoms with Gasteiger partial charge in [0.2, 0.25) is 0 Å². The Balaban J connectivity index is 1.91. The van der Waals surface area contributed by atoms with Crippen molar-refractivity contribution >= 4 is 46.6 Å². The maximum Gasteiger partial charge on any atom is 0.281 e. The highest BCUT2D eigenvalue weighted by Gasteiger charge is 2.32. The van der Waals surface area contributed by atoms with Crippen LogP contribution in [-0.4, -0.2) is 24.7 Å². The van der Waals surface area contributed by atoms with Crippen molar-refractivity contribution in [3.8, 4) is 11.5 Å². The quantitative estimate of drug-likeness (QED) is 0.597. The Kier molecular flexibility index (Phi) is 5.62. The first-order valence-corrected chi connectivity index (χ1v) is 8.86. The number of nitrogens with one attached hydrogen (secondary N) is 1. The maximum atomic E-state index is 13.4. The maximum absolute atomic E-state index is 13.4. The van der Waals surface area contributed by atoms with Gasteiger partial charge in [-0.3, -0.25) is 9.69 Å². The van der Waals surface area contributed by atoms with Crippen LogP contribution >= 0.6 is 23.8 Å².